The van der Waals surface area contributed by atoms with Gasteiger partial charge in [0.1, 0.15) is 0 Å². The maximum atomic E-state index is 4.42. The van der Waals surface area contributed by atoms with Crippen LogP contribution < -0.4 is 10.6 Å². The fourth-order valence-corrected chi connectivity index (χ4v) is 3.23. The van der Waals surface area contributed by atoms with E-state index in [9.17, 15) is 0 Å². The quantitative estimate of drug-likeness (QED) is 0.673. The first-order valence-corrected chi connectivity index (χ1v) is 7.78. The number of hydrogen-bond acceptors (Lipinski definition) is 4. The van der Waals surface area contributed by atoms with Crippen LogP contribution in [-0.2, 0) is 13.1 Å². The Hall–Kier alpha value is -1.40. The van der Waals surface area contributed by atoms with E-state index in [1.807, 2.05) is 13.8 Å². The summed E-state index contributed by atoms with van der Waals surface area (Å²) in [5.41, 5.74) is 1.10. The zero-order chi connectivity index (χ0) is 13.7. The summed E-state index contributed by atoms with van der Waals surface area (Å²) in [6.07, 6.45) is 0. The maximum absolute atomic E-state index is 4.42. The molecule has 2 heterocycles. The van der Waals surface area contributed by atoms with Crippen LogP contribution in [0.25, 0.3) is 0 Å². The molecule has 2 rings (SSSR count). The molecule has 0 fully saturated rings. The van der Waals surface area contributed by atoms with E-state index in [1.54, 1.807) is 29.7 Å². The van der Waals surface area contributed by atoms with Crippen molar-refractivity contribution in [3.8, 4) is 0 Å². The Morgan fingerprint density at radius 2 is 2.11 bits per heavy atom. The number of hydrogen-bond donors (Lipinski definition) is 2. The van der Waals surface area contributed by atoms with E-state index in [2.05, 4.69) is 38.1 Å². The summed E-state index contributed by atoms with van der Waals surface area (Å²) in [5.74, 6) is 0.818. The molecule has 0 saturated carbocycles. The van der Waals surface area contributed by atoms with E-state index in [1.165, 1.54) is 9.75 Å². The smallest absolute Gasteiger partial charge is 0.191 e. The molecule has 0 radical (unpaired) electrons. The molecular formula is C13H18N4S2. The standard InChI is InChI=1S/C13H18N4S2/c1-9-12(19-10(2)17-9)8-16-13(14-3)15-7-11-5-4-6-18-11/h4-6H,7-8H2,1-3H3,(H2,14,15,16). The monoisotopic (exact) mass is 294 g/mol. The molecule has 0 aliphatic carbocycles. The highest BCUT2D eigenvalue weighted by molar-refractivity contribution is 7.11. The minimum atomic E-state index is 0.765. The minimum Gasteiger partial charge on any atom is -0.352 e. The van der Waals surface area contributed by atoms with Crippen molar-refractivity contribution in [2.24, 2.45) is 4.99 Å². The number of aromatic nitrogens is 1. The third-order valence-electron chi connectivity index (χ3n) is 2.65. The molecule has 0 saturated heterocycles. The van der Waals surface area contributed by atoms with Crippen molar-refractivity contribution in [2.75, 3.05) is 7.05 Å². The molecule has 2 aromatic rings. The number of nitrogens with zero attached hydrogens (tertiary/aromatic N) is 2. The molecule has 19 heavy (non-hydrogen) atoms. The van der Waals surface area contributed by atoms with Gasteiger partial charge in [0.25, 0.3) is 0 Å². The lowest BCUT2D eigenvalue weighted by atomic mass is 10.4. The number of rotatable bonds is 4. The molecular weight excluding hydrogens is 276 g/mol. The molecule has 0 aromatic carbocycles. The van der Waals surface area contributed by atoms with Crippen LogP contribution in [0, 0.1) is 13.8 Å². The van der Waals surface area contributed by atoms with E-state index in [-0.39, 0.29) is 0 Å². The Morgan fingerprint density at radius 1 is 1.32 bits per heavy atom. The van der Waals surface area contributed by atoms with Crippen LogP contribution in [0.4, 0.5) is 0 Å². The number of thiazole rings is 1. The summed E-state index contributed by atoms with van der Waals surface area (Å²) >= 11 is 3.47. The maximum Gasteiger partial charge on any atom is 0.191 e. The van der Waals surface area contributed by atoms with Gasteiger partial charge in [-0.2, -0.15) is 0 Å². The first kappa shape index (κ1) is 14.0. The van der Waals surface area contributed by atoms with Crippen LogP contribution in [0.2, 0.25) is 0 Å². The summed E-state index contributed by atoms with van der Waals surface area (Å²) in [4.78, 5) is 11.2. The summed E-state index contributed by atoms with van der Waals surface area (Å²) in [7, 11) is 1.79. The van der Waals surface area contributed by atoms with Gasteiger partial charge >= 0.3 is 0 Å². The van der Waals surface area contributed by atoms with E-state index >= 15 is 0 Å². The van der Waals surface area contributed by atoms with Crippen molar-refractivity contribution in [2.45, 2.75) is 26.9 Å². The predicted molar refractivity (Wildman–Crippen MR) is 82.9 cm³/mol. The first-order valence-electron chi connectivity index (χ1n) is 6.09. The van der Waals surface area contributed by atoms with Gasteiger partial charge in [0.15, 0.2) is 5.96 Å². The van der Waals surface area contributed by atoms with Crippen molar-refractivity contribution in [3.05, 3.63) is 38.0 Å². The largest absolute Gasteiger partial charge is 0.352 e. The second-order valence-electron chi connectivity index (χ2n) is 4.10. The van der Waals surface area contributed by atoms with Crippen molar-refractivity contribution >= 4 is 28.6 Å². The average Bonchev–Trinajstić information content (AvgIpc) is 3.00. The Balaban J connectivity index is 1.84. The SMILES string of the molecule is CN=C(NCc1cccs1)NCc1sc(C)nc1C. The van der Waals surface area contributed by atoms with Gasteiger partial charge in [0.2, 0.25) is 0 Å². The lowest BCUT2D eigenvalue weighted by Crippen LogP contribution is -2.36. The topological polar surface area (TPSA) is 49.3 Å². The van der Waals surface area contributed by atoms with Crippen LogP contribution in [0.15, 0.2) is 22.5 Å². The van der Waals surface area contributed by atoms with Gasteiger partial charge in [-0.05, 0) is 25.3 Å². The summed E-state index contributed by atoms with van der Waals surface area (Å²) in [6, 6.07) is 4.17. The average molecular weight is 294 g/mol. The molecule has 4 nitrogen and oxygen atoms in total. The normalized spacial score (nSPS) is 11.6. The van der Waals surface area contributed by atoms with Crippen molar-refractivity contribution < 1.29 is 0 Å². The Bertz CT molecular complexity index is 543. The van der Waals surface area contributed by atoms with Gasteiger partial charge < -0.3 is 10.6 Å². The lowest BCUT2D eigenvalue weighted by molar-refractivity contribution is 0.818. The second kappa shape index (κ2) is 6.68. The number of aryl methyl sites for hydroxylation is 2. The van der Waals surface area contributed by atoms with Crippen molar-refractivity contribution in [1.82, 2.24) is 15.6 Å². The number of aliphatic imine (C=N–C) groups is 1. The zero-order valence-corrected chi connectivity index (χ0v) is 13.0. The molecule has 0 amide bonds. The Morgan fingerprint density at radius 3 is 2.68 bits per heavy atom. The zero-order valence-electron chi connectivity index (χ0n) is 11.4. The van der Waals surface area contributed by atoms with Crippen LogP contribution >= 0.6 is 22.7 Å². The molecule has 0 spiro atoms. The molecule has 0 aliphatic rings. The minimum absolute atomic E-state index is 0.765. The van der Waals surface area contributed by atoms with Crippen molar-refractivity contribution in [1.29, 1.82) is 0 Å². The van der Waals surface area contributed by atoms with E-state index in [0.29, 0.717) is 0 Å². The number of thiophene rings is 1. The van der Waals surface area contributed by atoms with Crippen LogP contribution in [0.5, 0.6) is 0 Å². The molecule has 2 N–H and O–H groups in total. The Kier molecular flexibility index (Phi) is 4.93. The molecule has 0 aliphatic heterocycles. The van der Waals surface area contributed by atoms with Crippen LogP contribution in [-0.4, -0.2) is 18.0 Å². The van der Waals surface area contributed by atoms with E-state index < -0.39 is 0 Å². The second-order valence-corrected chi connectivity index (χ2v) is 6.42. The fraction of sp³-hybridized carbons (Fsp3) is 0.385. The fourth-order valence-electron chi connectivity index (χ4n) is 1.71. The number of nitrogens with one attached hydrogen (secondary N) is 2. The predicted octanol–water partition coefficient (Wildman–Crippen LogP) is 2.69. The van der Waals surface area contributed by atoms with Gasteiger partial charge in [0.05, 0.1) is 23.8 Å². The third-order valence-corrected chi connectivity index (χ3v) is 4.60. The molecule has 0 unspecified atom stereocenters. The number of guanidine groups is 1. The lowest BCUT2D eigenvalue weighted by Gasteiger charge is -2.10. The van der Waals surface area contributed by atoms with Gasteiger partial charge in [-0.25, -0.2) is 4.98 Å². The molecule has 0 atom stereocenters. The van der Waals surface area contributed by atoms with Crippen molar-refractivity contribution in [3.63, 3.8) is 0 Å². The summed E-state index contributed by atoms with van der Waals surface area (Å²) in [6.45, 7) is 5.65. The molecule has 2 aromatic heterocycles. The van der Waals surface area contributed by atoms with Gasteiger partial charge in [-0.15, -0.1) is 22.7 Å². The van der Waals surface area contributed by atoms with E-state index in [0.717, 1.165) is 29.8 Å². The summed E-state index contributed by atoms with van der Waals surface area (Å²) < 4.78 is 0. The highest BCUT2D eigenvalue weighted by Gasteiger charge is 2.05. The molecule has 6 heteroatoms. The first-order chi connectivity index (χ1) is 9.19. The highest BCUT2D eigenvalue weighted by atomic mass is 32.1. The molecule has 0 bridgehead atoms. The van der Waals surface area contributed by atoms with Crippen LogP contribution in [0.1, 0.15) is 20.5 Å². The van der Waals surface area contributed by atoms with Crippen LogP contribution in [0.3, 0.4) is 0 Å². The van der Waals surface area contributed by atoms with Gasteiger partial charge in [-0.3, -0.25) is 4.99 Å². The Labute approximate surface area is 121 Å². The van der Waals surface area contributed by atoms with Gasteiger partial charge in [-0.1, -0.05) is 6.07 Å². The molecule has 102 valence electrons. The van der Waals surface area contributed by atoms with E-state index in [4.69, 9.17) is 0 Å². The third kappa shape index (κ3) is 4.04. The van der Waals surface area contributed by atoms with Gasteiger partial charge in [0, 0.05) is 16.8 Å². The highest BCUT2D eigenvalue weighted by Crippen LogP contribution is 2.16. The summed E-state index contributed by atoms with van der Waals surface area (Å²) in [5, 5.41) is 9.81.